The molecule has 0 aliphatic carbocycles. The minimum Gasteiger partial charge on any atom is -0.435 e. The van der Waals surface area contributed by atoms with Gasteiger partial charge in [0, 0.05) is 10.0 Å². The number of halogens is 3. The maximum absolute atomic E-state index is 11.8. The minimum atomic E-state index is -2.93. The molecule has 0 aromatic heterocycles. The van der Waals surface area contributed by atoms with Crippen LogP contribution in [0.5, 0.6) is 5.75 Å². The first-order chi connectivity index (χ1) is 6.49. The summed E-state index contributed by atoms with van der Waals surface area (Å²) < 4.78 is 28.2. The van der Waals surface area contributed by atoms with Crippen LogP contribution in [0.1, 0.15) is 10.4 Å². The van der Waals surface area contributed by atoms with Crippen LogP contribution in [0.2, 0.25) is 0 Å². The quantitative estimate of drug-likeness (QED) is 0.911. The molecule has 6 heteroatoms. The van der Waals surface area contributed by atoms with E-state index in [4.69, 9.17) is 5.73 Å². The molecule has 1 aromatic carbocycles. The number of benzene rings is 1. The Morgan fingerprint density at radius 2 is 2.07 bits per heavy atom. The van der Waals surface area contributed by atoms with Crippen LogP contribution in [0, 0.1) is 0 Å². The molecule has 0 aliphatic heterocycles. The number of carbonyl (C=O) groups is 1. The fraction of sp³-hybridized carbons (Fsp3) is 0.125. The molecule has 0 spiro atoms. The van der Waals surface area contributed by atoms with E-state index in [-0.39, 0.29) is 11.3 Å². The highest BCUT2D eigenvalue weighted by molar-refractivity contribution is 9.10. The summed E-state index contributed by atoms with van der Waals surface area (Å²) in [6.07, 6.45) is 0. The number of rotatable bonds is 3. The highest BCUT2D eigenvalue weighted by atomic mass is 79.9. The lowest BCUT2D eigenvalue weighted by Crippen LogP contribution is -2.11. The van der Waals surface area contributed by atoms with Gasteiger partial charge in [0.25, 0.3) is 0 Å². The zero-order chi connectivity index (χ0) is 10.7. The molecular formula is C8H6BrF2NO2. The Hall–Kier alpha value is -1.17. The van der Waals surface area contributed by atoms with Crippen molar-refractivity contribution < 1.29 is 18.3 Å². The summed E-state index contributed by atoms with van der Waals surface area (Å²) in [5, 5.41) is 0. The summed E-state index contributed by atoms with van der Waals surface area (Å²) in [5.41, 5.74) is 5.09. The molecule has 0 atom stereocenters. The fourth-order valence-electron chi connectivity index (χ4n) is 0.876. The monoisotopic (exact) mass is 265 g/mol. The van der Waals surface area contributed by atoms with Gasteiger partial charge < -0.3 is 10.5 Å². The number of nitrogens with two attached hydrogens (primary N) is 1. The number of hydrogen-bond acceptors (Lipinski definition) is 2. The molecule has 1 aromatic rings. The van der Waals surface area contributed by atoms with Gasteiger partial charge in [-0.1, -0.05) is 15.9 Å². The van der Waals surface area contributed by atoms with Gasteiger partial charge in [-0.2, -0.15) is 8.78 Å². The Morgan fingerprint density at radius 3 is 2.57 bits per heavy atom. The van der Waals surface area contributed by atoms with Crippen molar-refractivity contribution in [1.82, 2.24) is 0 Å². The molecule has 0 heterocycles. The zero-order valence-electron chi connectivity index (χ0n) is 6.84. The largest absolute Gasteiger partial charge is 0.435 e. The van der Waals surface area contributed by atoms with Crippen molar-refractivity contribution in [1.29, 1.82) is 0 Å². The van der Waals surface area contributed by atoms with E-state index in [1.165, 1.54) is 12.1 Å². The summed E-state index contributed by atoms with van der Waals surface area (Å²) in [7, 11) is 0. The van der Waals surface area contributed by atoms with E-state index in [2.05, 4.69) is 20.7 Å². The Balaban J connectivity index is 3.01. The number of amides is 1. The molecule has 1 rings (SSSR count). The van der Waals surface area contributed by atoms with E-state index in [0.29, 0.717) is 4.47 Å². The standard InChI is InChI=1S/C8H6BrF2NO2/c9-5-1-4(7(12)13)2-6(3-5)14-8(10)11/h1-3,8H,(H2,12,13). The predicted molar refractivity (Wildman–Crippen MR) is 49.3 cm³/mol. The first kappa shape index (κ1) is 10.9. The van der Waals surface area contributed by atoms with E-state index >= 15 is 0 Å². The Labute approximate surface area is 87.0 Å². The van der Waals surface area contributed by atoms with Crippen LogP contribution in [0.3, 0.4) is 0 Å². The molecule has 3 nitrogen and oxygen atoms in total. The number of carbonyl (C=O) groups excluding carboxylic acids is 1. The van der Waals surface area contributed by atoms with Crippen LogP contribution in [0.25, 0.3) is 0 Å². The fourth-order valence-corrected chi connectivity index (χ4v) is 1.35. The third-order valence-electron chi connectivity index (χ3n) is 1.38. The van der Waals surface area contributed by atoms with Crippen LogP contribution in [-0.2, 0) is 0 Å². The molecule has 0 unspecified atom stereocenters. The third-order valence-corrected chi connectivity index (χ3v) is 1.84. The smallest absolute Gasteiger partial charge is 0.387 e. The highest BCUT2D eigenvalue weighted by Gasteiger charge is 2.08. The minimum absolute atomic E-state index is 0.107. The van der Waals surface area contributed by atoms with Crippen LogP contribution in [0.15, 0.2) is 22.7 Å². The van der Waals surface area contributed by atoms with Gasteiger partial charge in [0.05, 0.1) is 0 Å². The van der Waals surface area contributed by atoms with E-state index < -0.39 is 12.5 Å². The number of ether oxygens (including phenoxy) is 1. The summed E-state index contributed by atoms with van der Waals surface area (Å²) in [6, 6.07) is 3.89. The van der Waals surface area contributed by atoms with E-state index in [1.807, 2.05) is 0 Å². The van der Waals surface area contributed by atoms with E-state index in [9.17, 15) is 13.6 Å². The zero-order valence-corrected chi connectivity index (χ0v) is 8.42. The Kier molecular flexibility index (Phi) is 3.40. The van der Waals surface area contributed by atoms with Crippen molar-refractivity contribution in [3.63, 3.8) is 0 Å². The second kappa shape index (κ2) is 4.36. The topological polar surface area (TPSA) is 52.3 Å². The first-order valence-corrected chi connectivity index (χ1v) is 4.33. The molecular weight excluding hydrogens is 260 g/mol. The van der Waals surface area contributed by atoms with E-state index in [0.717, 1.165) is 6.07 Å². The second-order valence-corrected chi connectivity index (χ2v) is 3.33. The van der Waals surface area contributed by atoms with Gasteiger partial charge in [-0.15, -0.1) is 0 Å². The van der Waals surface area contributed by atoms with Crippen molar-refractivity contribution in [3.05, 3.63) is 28.2 Å². The highest BCUT2D eigenvalue weighted by Crippen LogP contribution is 2.22. The van der Waals surface area contributed by atoms with E-state index in [1.54, 1.807) is 0 Å². The molecule has 0 saturated heterocycles. The normalized spacial score (nSPS) is 10.3. The Morgan fingerprint density at radius 1 is 1.43 bits per heavy atom. The van der Waals surface area contributed by atoms with Gasteiger partial charge in [-0.3, -0.25) is 4.79 Å². The van der Waals surface area contributed by atoms with Gasteiger partial charge in [0.2, 0.25) is 5.91 Å². The molecule has 0 aliphatic rings. The van der Waals surface area contributed by atoms with Crippen LogP contribution in [-0.4, -0.2) is 12.5 Å². The summed E-state index contributed by atoms with van der Waals surface area (Å²) >= 11 is 3.04. The maximum atomic E-state index is 11.8. The van der Waals surface area contributed by atoms with Crippen molar-refractivity contribution >= 4 is 21.8 Å². The summed E-state index contributed by atoms with van der Waals surface area (Å²) in [6.45, 7) is -2.93. The van der Waals surface area contributed by atoms with Gasteiger partial charge >= 0.3 is 6.61 Å². The molecule has 14 heavy (non-hydrogen) atoms. The molecule has 76 valence electrons. The lowest BCUT2D eigenvalue weighted by atomic mass is 10.2. The first-order valence-electron chi connectivity index (χ1n) is 3.54. The lowest BCUT2D eigenvalue weighted by molar-refractivity contribution is -0.0499. The summed E-state index contributed by atoms with van der Waals surface area (Å²) in [4.78, 5) is 10.7. The molecule has 1 amide bonds. The average Bonchev–Trinajstić information content (AvgIpc) is 2.01. The number of primary amides is 1. The maximum Gasteiger partial charge on any atom is 0.387 e. The van der Waals surface area contributed by atoms with Gasteiger partial charge in [-0.05, 0) is 18.2 Å². The summed E-state index contributed by atoms with van der Waals surface area (Å²) in [5.74, 6) is -0.811. The number of alkyl halides is 2. The Bertz CT molecular complexity index is 357. The van der Waals surface area contributed by atoms with Crippen molar-refractivity contribution in [2.75, 3.05) is 0 Å². The van der Waals surface area contributed by atoms with Gasteiger partial charge in [-0.25, -0.2) is 0 Å². The van der Waals surface area contributed by atoms with Crippen LogP contribution >= 0.6 is 15.9 Å². The van der Waals surface area contributed by atoms with Crippen LogP contribution in [0.4, 0.5) is 8.78 Å². The average molecular weight is 266 g/mol. The molecule has 0 bridgehead atoms. The third kappa shape index (κ3) is 2.95. The SMILES string of the molecule is NC(=O)c1cc(Br)cc(OC(F)F)c1. The molecule has 0 radical (unpaired) electrons. The molecule has 2 N–H and O–H groups in total. The molecule has 0 saturated carbocycles. The van der Waals surface area contributed by atoms with Crippen LogP contribution < -0.4 is 10.5 Å². The lowest BCUT2D eigenvalue weighted by Gasteiger charge is -2.06. The van der Waals surface area contributed by atoms with Gasteiger partial charge in [0.15, 0.2) is 0 Å². The van der Waals surface area contributed by atoms with Gasteiger partial charge in [0.1, 0.15) is 5.75 Å². The molecule has 0 fully saturated rings. The van der Waals surface area contributed by atoms with Crippen molar-refractivity contribution in [3.8, 4) is 5.75 Å². The predicted octanol–water partition coefficient (Wildman–Crippen LogP) is 2.15. The number of hydrogen-bond donors (Lipinski definition) is 1. The van der Waals surface area contributed by atoms with Crippen molar-refractivity contribution in [2.45, 2.75) is 6.61 Å². The second-order valence-electron chi connectivity index (χ2n) is 2.42. The van der Waals surface area contributed by atoms with Crippen molar-refractivity contribution in [2.24, 2.45) is 5.73 Å².